The summed E-state index contributed by atoms with van der Waals surface area (Å²) < 4.78 is 8.81. The average Bonchev–Trinajstić information content (AvgIpc) is 3.30. The molecule has 0 spiro atoms. The Morgan fingerprint density at radius 1 is 0.930 bits per heavy atom. The van der Waals surface area contributed by atoms with E-state index in [-0.39, 0.29) is 24.0 Å². The Bertz CT molecular complexity index is 1680. The van der Waals surface area contributed by atoms with E-state index in [0.29, 0.717) is 23.2 Å². The van der Waals surface area contributed by atoms with Crippen LogP contribution in [0.4, 0.5) is 5.69 Å². The third-order valence-electron chi connectivity index (χ3n) is 7.92. The Morgan fingerprint density at radius 2 is 1.63 bits per heavy atom. The average molecular weight is 583 g/mol. The van der Waals surface area contributed by atoms with Crippen molar-refractivity contribution in [2.45, 2.75) is 70.9 Å². The number of carbonyl (C=O) groups excluding carboxylic acids is 3. The monoisotopic (exact) mass is 582 g/mol. The van der Waals surface area contributed by atoms with Crippen LogP contribution in [0.25, 0.3) is 16.6 Å². The van der Waals surface area contributed by atoms with Crippen molar-refractivity contribution in [1.29, 1.82) is 0 Å². The Morgan fingerprint density at radius 3 is 2.30 bits per heavy atom. The molecule has 0 radical (unpaired) electrons. The number of nitrogens with zero attached hydrogens (tertiary/aromatic N) is 2. The van der Waals surface area contributed by atoms with Crippen LogP contribution in [0.2, 0.25) is 0 Å². The van der Waals surface area contributed by atoms with Crippen molar-refractivity contribution in [2.24, 2.45) is 0 Å². The maximum absolute atomic E-state index is 13.8. The van der Waals surface area contributed by atoms with Gasteiger partial charge >= 0.3 is 5.97 Å². The number of hydrogen-bond donors (Lipinski definition) is 2. The molecule has 1 heterocycles. The Labute approximate surface area is 250 Å². The lowest BCUT2D eigenvalue weighted by molar-refractivity contribution is -0.142. The van der Waals surface area contributed by atoms with E-state index in [4.69, 9.17) is 4.74 Å². The van der Waals surface area contributed by atoms with Crippen LogP contribution in [0.5, 0.6) is 0 Å². The second-order valence-corrected chi connectivity index (χ2v) is 11.5. The summed E-state index contributed by atoms with van der Waals surface area (Å²) in [6.07, 6.45) is 5.56. The number of benzene rings is 3. The van der Waals surface area contributed by atoms with Crippen LogP contribution in [0.1, 0.15) is 74.8 Å². The van der Waals surface area contributed by atoms with Crippen molar-refractivity contribution in [1.82, 2.24) is 14.7 Å². The molecule has 1 aromatic heterocycles. The van der Waals surface area contributed by atoms with E-state index in [1.807, 2.05) is 36.4 Å². The molecule has 1 aliphatic rings. The van der Waals surface area contributed by atoms with Crippen LogP contribution >= 0.6 is 0 Å². The molecule has 1 saturated carbocycles. The lowest BCUT2D eigenvalue weighted by Crippen LogP contribution is -2.52. The smallest absolute Gasteiger partial charge is 0.310 e. The van der Waals surface area contributed by atoms with Crippen molar-refractivity contribution in [3.8, 4) is 5.69 Å². The maximum Gasteiger partial charge on any atom is 0.310 e. The van der Waals surface area contributed by atoms with Crippen molar-refractivity contribution in [2.75, 3.05) is 11.9 Å². The molecule has 9 nitrogen and oxygen atoms in total. The summed E-state index contributed by atoms with van der Waals surface area (Å²) in [6.45, 7) is 5.32. The van der Waals surface area contributed by atoms with E-state index in [2.05, 4.69) is 15.3 Å². The second kappa shape index (κ2) is 12.7. The van der Waals surface area contributed by atoms with Crippen LogP contribution in [-0.4, -0.2) is 39.3 Å². The molecule has 224 valence electrons. The van der Waals surface area contributed by atoms with Crippen LogP contribution in [0, 0.1) is 0 Å². The zero-order valence-corrected chi connectivity index (χ0v) is 24.9. The fourth-order valence-corrected chi connectivity index (χ4v) is 5.65. The van der Waals surface area contributed by atoms with Gasteiger partial charge in [0.15, 0.2) is 0 Å². The Balaban J connectivity index is 1.36. The molecule has 0 atom stereocenters. The van der Waals surface area contributed by atoms with Gasteiger partial charge in [0.25, 0.3) is 11.5 Å². The largest absolute Gasteiger partial charge is 0.466 e. The van der Waals surface area contributed by atoms with Crippen LogP contribution in [0.3, 0.4) is 0 Å². The zero-order chi connectivity index (χ0) is 30.6. The van der Waals surface area contributed by atoms with Gasteiger partial charge in [0.1, 0.15) is 5.54 Å². The number of fused-ring (bicyclic) bond motifs is 1. The lowest BCUT2D eigenvalue weighted by Gasteiger charge is -2.27. The minimum absolute atomic E-state index is 0.147. The highest BCUT2D eigenvalue weighted by atomic mass is 16.5. The molecule has 0 saturated heterocycles. The molecule has 1 fully saturated rings. The molecule has 0 aliphatic heterocycles. The van der Waals surface area contributed by atoms with Crippen LogP contribution < -0.4 is 16.2 Å². The third kappa shape index (κ3) is 6.56. The summed E-state index contributed by atoms with van der Waals surface area (Å²) >= 11 is 0. The number of carbonyl (C=O) groups is 3. The SMILES string of the molecule is CCOC(=O)Cc1ccc(NC(=O)C(C)(C)NC(=O)c2ccc3c(c2)c(=O)n(-c2ccccc2)n3C2CCCCC2)cc1. The third-order valence-corrected chi connectivity index (χ3v) is 7.92. The molecule has 0 unspecified atom stereocenters. The molecular formula is C34H38N4O5. The molecule has 2 amide bonds. The standard InChI is InChI=1S/C34H38N4O5/c1-4-43-30(39)21-23-15-18-25(19-16-23)35-33(42)34(2,3)36-31(40)24-17-20-29-28(22-24)32(41)38(27-13-9-6-10-14-27)37(29)26-11-7-5-8-12-26/h6,9-10,13-20,22,26H,4-5,7-8,11-12,21H2,1-3H3,(H,35,42)(H,36,40). The van der Waals surface area contributed by atoms with Crippen LogP contribution in [0.15, 0.2) is 77.6 Å². The fourth-order valence-electron chi connectivity index (χ4n) is 5.65. The highest BCUT2D eigenvalue weighted by molar-refractivity contribution is 6.04. The normalized spacial score (nSPS) is 13.9. The van der Waals surface area contributed by atoms with Gasteiger partial charge in [-0.2, -0.15) is 0 Å². The molecule has 4 aromatic rings. The lowest BCUT2D eigenvalue weighted by atomic mass is 9.95. The van der Waals surface area contributed by atoms with Gasteiger partial charge < -0.3 is 15.4 Å². The quantitative estimate of drug-likeness (QED) is 0.252. The molecule has 0 bridgehead atoms. The first-order valence-electron chi connectivity index (χ1n) is 14.9. The number of aromatic nitrogens is 2. The fraction of sp³-hybridized carbons (Fsp3) is 0.353. The summed E-state index contributed by atoms with van der Waals surface area (Å²) in [6, 6.07) is 21.8. The van der Waals surface area contributed by atoms with Crippen molar-refractivity contribution >= 4 is 34.4 Å². The van der Waals surface area contributed by atoms with Crippen molar-refractivity contribution in [3.05, 3.63) is 94.3 Å². The minimum Gasteiger partial charge on any atom is -0.466 e. The van der Waals surface area contributed by atoms with Gasteiger partial charge in [0.05, 0.1) is 35.7 Å². The van der Waals surface area contributed by atoms with Gasteiger partial charge in [-0.1, -0.05) is 49.6 Å². The molecule has 2 N–H and O–H groups in total. The molecule has 5 rings (SSSR count). The first-order valence-corrected chi connectivity index (χ1v) is 14.9. The molecule has 3 aromatic carbocycles. The number of amides is 2. The van der Waals surface area contributed by atoms with Crippen molar-refractivity contribution < 1.29 is 19.1 Å². The van der Waals surface area contributed by atoms with Crippen molar-refractivity contribution in [3.63, 3.8) is 0 Å². The van der Waals surface area contributed by atoms with E-state index in [9.17, 15) is 19.2 Å². The summed E-state index contributed by atoms with van der Waals surface area (Å²) in [5.41, 5.74) is 1.75. The molecule has 43 heavy (non-hydrogen) atoms. The van der Waals surface area contributed by atoms with Gasteiger partial charge in [-0.3, -0.25) is 23.9 Å². The number of para-hydroxylation sites is 1. The zero-order valence-electron chi connectivity index (χ0n) is 24.9. The van der Waals surface area contributed by atoms with E-state index < -0.39 is 17.4 Å². The number of hydrogen-bond acceptors (Lipinski definition) is 5. The summed E-state index contributed by atoms with van der Waals surface area (Å²) in [5, 5.41) is 6.10. The number of nitrogens with one attached hydrogen (secondary N) is 2. The molecule has 1 aliphatic carbocycles. The highest BCUT2D eigenvalue weighted by Crippen LogP contribution is 2.32. The van der Waals surface area contributed by atoms with Gasteiger partial charge in [-0.05, 0) is 81.6 Å². The van der Waals surface area contributed by atoms with Gasteiger partial charge in [0.2, 0.25) is 5.91 Å². The number of esters is 1. The highest BCUT2D eigenvalue weighted by Gasteiger charge is 2.31. The summed E-state index contributed by atoms with van der Waals surface area (Å²) in [5.74, 6) is -1.18. The summed E-state index contributed by atoms with van der Waals surface area (Å²) in [4.78, 5) is 52.0. The predicted octanol–water partition coefficient (Wildman–Crippen LogP) is 5.55. The second-order valence-electron chi connectivity index (χ2n) is 11.5. The maximum atomic E-state index is 13.8. The Kier molecular flexibility index (Phi) is 8.80. The minimum atomic E-state index is -1.26. The number of ether oxygens (including phenoxy) is 1. The predicted molar refractivity (Wildman–Crippen MR) is 167 cm³/mol. The van der Waals surface area contributed by atoms with Gasteiger partial charge in [-0.25, -0.2) is 4.68 Å². The van der Waals surface area contributed by atoms with Gasteiger partial charge in [0, 0.05) is 11.3 Å². The van der Waals surface area contributed by atoms with E-state index in [1.165, 1.54) is 6.42 Å². The van der Waals surface area contributed by atoms with E-state index in [1.54, 1.807) is 61.9 Å². The first-order chi connectivity index (χ1) is 20.7. The first kappa shape index (κ1) is 29.8. The Hall–Kier alpha value is -4.66. The van der Waals surface area contributed by atoms with Gasteiger partial charge in [-0.15, -0.1) is 0 Å². The molecular weight excluding hydrogens is 544 g/mol. The van der Waals surface area contributed by atoms with E-state index in [0.717, 1.165) is 42.5 Å². The topological polar surface area (TPSA) is 111 Å². The van der Waals surface area contributed by atoms with E-state index >= 15 is 0 Å². The summed E-state index contributed by atoms with van der Waals surface area (Å²) in [7, 11) is 0. The number of anilines is 1. The van der Waals surface area contributed by atoms with Crippen LogP contribution in [-0.2, 0) is 20.7 Å². The molecule has 9 heteroatoms. The number of rotatable bonds is 9.